The van der Waals surface area contributed by atoms with Crippen LogP contribution in [0.15, 0.2) is 24.3 Å². The van der Waals surface area contributed by atoms with Gasteiger partial charge >= 0.3 is 0 Å². The van der Waals surface area contributed by atoms with Gasteiger partial charge in [-0.25, -0.2) is 12.7 Å². The van der Waals surface area contributed by atoms with Crippen molar-refractivity contribution in [3.8, 4) is 0 Å². The molecule has 6 heteroatoms. The van der Waals surface area contributed by atoms with E-state index in [2.05, 4.69) is 0 Å². The molecule has 2 rings (SSSR count). The first-order valence-corrected chi connectivity index (χ1v) is 8.23. The highest BCUT2D eigenvalue weighted by molar-refractivity contribution is 7.94. The molecular formula is C15H19NO4S. The maximum Gasteiger partial charge on any atom is 0.259 e. The molecule has 0 aliphatic carbocycles. The summed E-state index contributed by atoms with van der Waals surface area (Å²) in [6.07, 6.45) is 0. The fourth-order valence-electron chi connectivity index (χ4n) is 2.19. The summed E-state index contributed by atoms with van der Waals surface area (Å²) in [6, 6.07) is 7.02. The Hall–Kier alpha value is -1.69. The Balaban J connectivity index is 2.15. The van der Waals surface area contributed by atoms with Crippen LogP contribution in [0.3, 0.4) is 0 Å². The Morgan fingerprint density at radius 2 is 1.71 bits per heavy atom. The first-order chi connectivity index (χ1) is 9.59. The zero-order valence-corrected chi connectivity index (χ0v) is 13.4. The molecular weight excluding hydrogens is 290 g/mol. The van der Waals surface area contributed by atoms with Crippen molar-refractivity contribution < 1.29 is 18.0 Å². The molecule has 5 nitrogen and oxygen atoms in total. The molecule has 0 N–H and O–H groups in total. The Morgan fingerprint density at radius 3 is 2.14 bits per heavy atom. The number of carbonyl (C=O) groups is 2. The molecule has 1 heterocycles. The number of benzene rings is 1. The van der Waals surface area contributed by atoms with E-state index >= 15 is 0 Å². The number of hydrogen-bond acceptors (Lipinski definition) is 4. The molecule has 1 aliphatic heterocycles. The zero-order valence-electron chi connectivity index (χ0n) is 12.6. The van der Waals surface area contributed by atoms with Crippen LogP contribution in [0.1, 0.15) is 49.5 Å². The molecule has 1 amide bonds. The van der Waals surface area contributed by atoms with E-state index in [0.717, 1.165) is 5.56 Å². The summed E-state index contributed by atoms with van der Waals surface area (Å²) in [4.78, 5) is 23.9. The average Bonchev–Trinajstić information content (AvgIpc) is 2.43. The Labute approximate surface area is 125 Å². The summed E-state index contributed by atoms with van der Waals surface area (Å²) in [7, 11) is -3.71. The maximum absolute atomic E-state index is 12.1. The molecule has 0 bridgehead atoms. The van der Waals surface area contributed by atoms with Crippen molar-refractivity contribution in [3.63, 3.8) is 0 Å². The number of sulfonamides is 1. The van der Waals surface area contributed by atoms with E-state index < -0.39 is 27.2 Å². The number of amides is 1. The van der Waals surface area contributed by atoms with Gasteiger partial charge in [-0.2, -0.15) is 0 Å². The topological polar surface area (TPSA) is 71.5 Å². The number of carbonyl (C=O) groups excluding carboxylic acids is 2. The van der Waals surface area contributed by atoms with E-state index in [9.17, 15) is 18.0 Å². The Bertz CT molecular complexity index is 687. The van der Waals surface area contributed by atoms with Crippen LogP contribution >= 0.6 is 0 Å². The molecule has 0 radical (unpaired) electrons. The minimum atomic E-state index is -3.71. The molecule has 0 spiro atoms. The van der Waals surface area contributed by atoms with Gasteiger partial charge < -0.3 is 0 Å². The lowest BCUT2D eigenvalue weighted by Gasteiger charge is -2.42. The van der Waals surface area contributed by atoms with Crippen LogP contribution < -0.4 is 0 Å². The average molecular weight is 309 g/mol. The standard InChI is InChI=1S/C15H19NO4S/c1-10(2)11-5-7-12(8-6-11)13(17)9-16-14(18)15(3,4)21(16,19)20/h5-8,10H,9H2,1-4H3. The highest BCUT2D eigenvalue weighted by Crippen LogP contribution is 2.34. The second-order valence-corrected chi connectivity index (χ2v) is 8.44. The molecule has 0 saturated carbocycles. The molecule has 0 atom stereocenters. The minimum Gasteiger partial charge on any atom is -0.292 e. The van der Waals surface area contributed by atoms with E-state index in [1.807, 2.05) is 26.0 Å². The van der Waals surface area contributed by atoms with Gasteiger partial charge in [0, 0.05) is 5.56 Å². The molecule has 114 valence electrons. The Morgan fingerprint density at radius 1 is 1.19 bits per heavy atom. The summed E-state index contributed by atoms with van der Waals surface area (Å²) >= 11 is 0. The second kappa shape index (κ2) is 4.94. The molecule has 1 fully saturated rings. The SMILES string of the molecule is CC(C)c1ccc(C(=O)CN2C(=O)C(C)(C)S2(=O)=O)cc1. The van der Waals surface area contributed by atoms with Crippen LogP contribution in [-0.4, -0.2) is 35.7 Å². The fourth-order valence-corrected chi connectivity index (χ4v) is 3.67. The fraction of sp³-hybridized carbons (Fsp3) is 0.467. The number of Topliss-reactive ketones (excluding diaryl/α,β-unsaturated/α-hetero) is 1. The highest BCUT2D eigenvalue weighted by atomic mass is 32.2. The van der Waals surface area contributed by atoms with Crippen molar-refractivity contribution >= 4 is 21.7 Å². The first kappa shape index (κ1) is 15.7. The molecule has 1 aliphatic rings. The molecule has 21 heavy (non-hydrogen) atoms. The van der Waals surface area contributed by atoms with Crippen molar-refractivity contribution in [1.29, 1.82) is 0 Å². The van der Waals surface area contributed by atoms with Gasteiger partial charge in [0.15, 0.2) is 10.5 Å². The van der Waals surface area contributed by atoms with Gasteiger partial charge in [0.1, 0.15) is 6.54 Å². The van der Waals surface area contributed by atoms with Crippen molar-refractivity contribution in [2.45, 2.75) is 38.4 Å². The van der Waals surface area contributed by atoms with Crippen molar-refractivity contribution in [3.05, 3.63) is 35.4 Å². The third-order valence-electron chi connectivity index (χ3n) is 3.86. The monoisotopic (exact) mass is 309 g/mol. The molecule has 1 aromatic rings. The highest BCUT2D eigenvalue weighted by Gasteiger charge is 2.60. The van der Waals surface area contributed by atoms with Gasteiger partial charge in [-0.3, -0.25) is 9.59 Å². The van der Waals surface area contributed by atoms with E-state index in [1.54, 1.807) is 12.1 Å². The summed E-state index contributed by atoms with van der Waals surface area (Å²) in [5.74, 6) is -0.556. The molecule has 0 aromatic heterocycles. The van der Waals surface area contributed by atoms with Crippen LogP contribution in [0, 0.1) is 0 Å². The third kappa shape index (κ3) is 2.37. The smallest absolute Gasteiger partial charge is 0.259 e. The van der Waals surface area contributed by atoms with Crippen LogP contribution in [0.4, 0.5) is 0 Å². The largest absolute Gasteiger partial charge is 0.292 e. The van der Waals surface area contributed by atoms with Gasteiger partial charge in [0.2, 0.25) is 0 Å². The summed E-state index contributed by atoms with van der Waals surface area (Å²) in [5, 5.41) is 0. The van der Waals surface area contributed by atoms with Crippen molar-refractivity contribution in [1.82, 2.24) is 4.31 Å². The predicted octanol–water partition coefficient (Wildman–Crippen LogP) is 1.94. The summed E-state index contributed by atoms with van der Waals surface area (Å²) in [5.41, 5.74) is 1.51. The van der Waals surface area contributed by atoms with Crippen molar-refractivity contribution in [2.75, 3.05) is 6.54 Å². The van der Waals surface area contributed by atoms with Crippen molar-refractivity contribution in [2.24, 2.45) is 0 Å². The summed E-state index contributed by atoms with van der Waals surface area (Å²) < 4.78 is 23.1. The van der Waals surface area contributed by atoms with E-state index in [0.29, 0.717) is 15.8 Å². The lowest BCUT2D eigenvalue weighted by atomic mass is 10.0. The molecule has 1 aromatic carbocycles. The van der Waals surface area contributed by atoms with E-state index in [1.165, 1.54) is 13.8 Å². The first-order valence-electron chi connectivity index (χ1n) is 6.79. The van der Waals surface area contributed by atoms with Gasteiger partial charge in [-0.05, 0) is 25.3 Å². The summed E-state index contributed by atoms with van der Waals surface area (Å²) in [6.45, 7) is 6.37. The van der Waals surface area contributed by atoms with Crippen LogP contribution in [0.2, 0.25) is 0 Å². The normalized spacial score (nSPS) is 19.5. The van der Waals surface area contributed by atoms with Gasteiger partial charge in [-0.1, -0.05) is 38.1 Å². The number of rotatable bonds is 4. The van der Waals surface area contributed by atoms with Crippen LogP contribution in [0.25, 0.3) is 0 Å². The molecule has 1 saturated heterocycles. The predicted molar refractivity (Wildman–Crippen MR) is 79.6 cm³/mol. The minimum absolute atomic E-state index is 0.354. The van der Waals surface area contributed by atoms with Crippen LogP contribution in [-0.2, 0) is 14.8 Å². The van der Waals surface area contributed by atoms with Gasteiger partial charge in [0.05, 0.1) is 0 Å². The van der Waals surface area contributed by atoms with E-state index in [4.69, 9.17) is 0 Å². The van der Waals surface area contributed by atoms with E-state index in [-0.39, 0.29) is 5.78 Å². The van der Waals surface area contributed by atoms with Crippen LogP contribution in [0.5, 0.6) is 0 Å². The lowest BCUT2D eigenvalue weighted by Crippen LogP contribution is -2.68. The number of ketones is 1. The quantitative estimate of drug-likeness (QED) is 0.797. The van der Waals surface area contributed by atoms with Gasteiger partial charge in [0.25, 0.3) is 15.9 Å². The Kier molecular flexibility index (Phi) is 3.70. The van der Waals surface area contributed by atoms with Gasteiger partial charge in [-0.15, -0.1) is 0 Å². The maximum atomic E-state index is 12.1. The second-order valence-electron chi connectivity index (χ2n) is 6.03. The third-order valence-corrected chi connectivity index (χ3v) is 6.20. The number of hydrogen-bond donors (Lipinski definition) is 0. The zero-order chi connectivity index (χ0) is 16.0. The molecule has 0 unspecified atom stereocenters. The lowest BCUT2D eigenvalue weighted by molar-refractivity contribution is -0.131. The number of nitrogens with zero attached hydrogens (tertiary/aromatic N) is 1.